The van der Waals surface area contributed by atoms with E-state index < -0.39 is 73.4 Å². The summed E-state index contributed by atoms with van der Waals surface area (Å²) in [5.41, 5.74) is 18.3. The molecule has 0 radical (unpaired) electrons. The fourth-order valence-electron chi connectivity index (χ4n) is 8.58. The molecule has 2 aliphatic carbocycles. The number of esters is 1. The third-order valence-corrected chi connectivity index (χ3v) is 12.6. The van der Waals surface area contributed by atoms with E-state index in [2.05, 4.69) is 59.7 Å². The number of allylic oxidation sites excluding steroid dienone is 2. The number of carbonyl (C=O) groups excluding carboxylic acids is 2. The molecule has 5 aromatic rings. The van der Waals surface area contributed by atoms with Crippen LogP contribution in [-0.2, 0) is 23.7 Å². The summed E-state index contributed by atoms with van der Waals surface area (Å²) in [7, 11) is 0. The van der Waals surface area contributed by atoms with Crippen molar-refractivity contribution in [2.75, 3.05) is 31.2 Å². The molecule has 27 heteroatoms. The van der Waals surface area contributed by atoms with Crippen LogP contribution in [0.15, 0.2) is 61.2 Å². The summed E-state index contributed by atoms with van der Waals surface area (Å²) < 4.78 is 29.6. The van der Waals surface area contributed by atoms with E-state index in [1.807, 2.05) is 18.2 Å². The number of nitrogens with zero attached hydrogens (tertiary/aromatic N) is 9. The Labute approximate surface area is 446 Å². The van der Waals surface area contributed by atoms with Gasteiger partial charge in [-0.2, -0.15) is 0 Å². The zero-order chi connectivity index (χ0) is 55.7. The van der Waals surface area contributed by atoms with Crippen molar-refractivity contribution >= 4 is 51.8 Å². The molecule has 0 saturated carbocycles. The van der Waals surface area contributed by atoms with Gasteiger partial charge in [-0.3, -0.25) is 24.0 Å². The lowest BCUT2D eigenvalue weighted by Gasteiger charge is -2.16. The van der Waals surface area contributed by atoms with Gasteiger partial charge in [0.05, 0.1) is 43.8 Å². The Kier molecular flexibility index (Phi) is 20.9. The van der Waals surface area contributed by atoms with Crippen molar-refractivity contribution in [1.29, 1.82) is 0 Å². The largest absolute Gasteiger partial charge is 0.514 e. The summed E-state index contributed by atoms with van der Waals surface area (Å²) in [4.78, 5) is 58.8. The van der Waals surface area contributed by atoms with Gasteiger partial charge in [0.15, 0.2) is 35.4 Å². The van der Waals surface area contributed by atoms with Crippen molar-refractivity contribution in [2.24, 2.45) is 5.73 Å². The molecule has 1 aromatic carbocycles. The van der Waals surface area contributed by atoms with Crippen LogP contribution >= 0.6 is 0 Å². The van der Waals surface area contributed by atoms with Gasteiger partial charge in [0.1, 0.15) is 65.6 Å². The second-order valence-electron chi connectivity index (χ2n) is 18.2. The molecule has 9 rings (SSSR count). The maximum Gasteiger partial charge on any atom is 0.514 e. The van der Waals surface area contributed by atoms with Crippen LogP contribution in [0.1, 0.15) is 101 Å². The Hall–Kier alpha value is -7.70. The van der Waals surface area contributed by atoms with Crippen LogP contribution in [0.3, 0.4) is 0 Å². The second kappa shape index (κ2) is 28.1. The van der Waals surface area contributed by atoms with Gasteiger partial charge in [-0.15, -0.1) is 0 Å². The monoisotopic (exact) mass is 1080 g/mol. The van der Waals surface area contributed by atoms with Crippen LogP contribution in [0.5, 0.6) is 5.75 Å². The van der Waals surface area contributed by atoms with Crippen LogP contribution in [0.25, 0.3) is 22.3 Å². The number of nitro groups is 1. The lowest BCUT2D eigenvalue weighted by atomic mass is 10.0. The number of ether oxygens (including phenoxy) is 5. The van der Waals surface area contributed by atoms with Crippen molar-refractivity contribution in [1.82, 2.24) is 39.0 Å². The molecule has 6 heterocycles. The number of fused-ring (bicyclic) bond motifs is 2. The number of carbonyl (C=O) groups is 2. The molecule has 10 atom stereocenters. The van der Waals surface area contributed by atoms with Crippen LogP contribution in [-0.4, -0.2) is 155 Å². The molecule has 2 aliphatic heterocycles. The van der Waals surface area contributed by atoms with Gasteiger partial charge in [-0.25, -0.2) is 34.7 Å². The molecular weight excluding hydrogens is 1020 g/mol. The van der Waals surface area contributed by atoms with Crippen molar-refractivity contribution in [3.63, 3.8) is 0 Å². The van der Waals surface area contributed by atoms with E-state index in [1.165, 1.54) is 52.5 Å². The third-order valence-electron chi connectivity index (χ3n) is 12.6. The molecule has 2 fully saturated rings. The summed E-state index contributed by atoms with van der Waals surface area (Å²) in [6.45, 7) is -0.726. The Bertz CT molecular complexity index is 3040. The van der Waals surface area contributed by atoms with E-state index in [0.29, 0.717) is 16.7 Å². The lowest BCUT2D eigenvalue weighted by Crippen LogP contribution is -2.33. The van der Waals surface area contributed by atoms with Gasteiger partial charge in [0.25, 0.3) is 5.69 Å². The van der Waals surface area contributed by atoms with Gasteiger partial charge < -0.3 is 71.5 Å². The van der Waals surface area contributed by atoms with E-state index >= 15 is 0 Å². The third kappa shape index (κ3) is 15.1. The molecule has 4 unspecified atom stereocenters. The van der Waals surface area contributed by atoms with E-state index in [4.69, 9.17) is 40.9 Å². The highest BCUT2D eigenvalue weighted by Gasteiger charge is 2.45. The first-order valence-electron chi connectivity index (χ1n) is 25.3. The van der Waals surface area contributed by atoms with Gasteiger partial charge >= 0.3 is 12.1 Å². The number of anilines is 2. The zero-order valence-electron chi connectivity index (χ0n) is 42.3. The molecule has 2 saturated heterocycles. The van der Waals surface area contributed by atoms with Crippen molar-refractivity contribution in [3.8, 4) is 29.4 Å². The molecule has 4 aliphatic rings. The standard InChI is InChI=1S/C23H29N5O6.C15H17NO5.C13H16N6O4/c24-21-18-22(28(13-25-18)23-20(32)19(31)15(12-29)34-23)27-16(26-21)10-6-7-11-17(30)33-14-8-4-2-1-3-5-9-14;17-15(20-13-6-4-2-1-3-5-7-13)21-14-10-8-12(9-11-14)16(18)19;14-3-1-2-7-17-11(15)8-12(18-7)19(5-16-8)13-10(22)9(21)6(4-20)23-13/h4,8,13-15,19-20,23,29,31-32H,1-3,5,7,9,11-12H2,(H2,24,26,27);4,6,8-11,13H,1-3,5,7H2;5-6,9-10,13,20-22H,3-4,14H2,(H2,15,17,18)/b8-4+;6-4+;/t14?,15-,19+,20?,23-;;6-,9+,10?,13-/m1.1/s1. The van der Waals surface area contributed by atoms with Gasteiger partial charge in [0, 0.05) is 18.6 Å². The number of imidazole rings is 2. The van der Waals surface area contributed by atoms with Gasteiger partial charge in [-0.05, 0) is 87.5 Å². The number of aromatic nitrogens is 8. The smallest absolute Gasteiger partial charge is 0.458 e. The van der Waals surface area contributed by atoms with Crippen LogP contribution in [0.2, 0.25) is 0 Å². The minimum Gasteiger partial charge on any atom is -0.458 e. The number of nitrogens with two attached hydrogens (primary N) is 3. The highest BCUT2D eigenvalue weighted by molar-refractivity contribution is 5.83. The number of hydrogen-bond donors (Lipinski definition) is 9. The molecule has 4 aromatic heterocycles. The van der Waals surface area contributed by atoms with Gasteiger partial charge in [0.2, 0.25) is 11.6 Å². The summed E-state index contributed by atoms with van der Waals surface area (Å²) in [5.74, 6) is 11.4. The number of benzene rings is 1. The lowest BCUT2D eigenvalue weighted by molar-refractivity contribution is -0.384. The zero-order valence-corrected chi connectivity index (χ0v) is 42.3. The molecule has 12 N–H and O–H groups in total. The molecular formula is C51H62N12O15. The van der Waals surface area contributed by atoms with Crippen molar-refractivity contribution < 1.29 is 68.8 Å². The quantitative estimate of drug-likeness (QED) is 0.0241. The predicted octanol–water partition coefficient (Wildman–Crippen LogP) is 1.91. The Morgan fingerprint density at radius 2 is 1.21 bits per heavy atom. The number of nitrogen functional groups attached to an aromatic ring is 2. The number of aliphatic hydroxyl groups excluding tert-OH is 6. The molecule has 0 amide bonds. The summed E-state index contributed by atoms with van der Waals surface area (Å²) >= 11 is 0. The van der Waals surface area contributed by atoms with E-state index in [9.17, 15) is 50.3 Å². The molecule has 416 valence electrons. The van der Waals surface area contributed by atoms with E-state index in [0.717, 1.165) is 57.8 Å². The predicted molar refractivity (Wildman–Crippen MR) is 276 cm³/mol. The van der Waals surface area contributed by atoms with Crippen LogP contribution in [0.4, 0.5) is 22.1 Å². The topological polar surface area (TPSA) is 410 Å². The number of aliphatic hydroxyl groups is 6. The van der Waals surface area contributed by atoms with Crippen LogP contribution < -0.4 is 21.9 Å². The fraction of sp³-hybridized carbons (Fsp3) is 0.490. The van der Waals surface area contributed by atoms with E-state index in [1.54, 1.807) is 0 Å². The molecule has 0 spiro atoms. The normalized spacial score (nSPS) is 25.6. The van der Waals surface area contributed by atoms with Gasteiger partial charge in [-0.1, -0.05) is 36.8 Å². The summed E-state index contributed by atoms with van der Waals surface area (Å²) in [6.07, 6.45) is 11.3. The SMILES string of the molecule is NCC#Cc1nc(N)c2ncn([C@@H]3O[C@H](CO)[C@H](O)C3O)c2n1.Nc1nc(C#CCCC(=O)OC2/C=C/CCCCC2)nc2c1ncn2[C@@H]1O[C@H](CO)[C@H](O)C1O.O=C(Oc1ccc([N+](=O)[O-])cc1)OC1/C=C/CCCCC1. The number of rotatable bonds is 10. The van der Waals surface area contributed by atoms with Crippen molar-refractivity contribution in [2.45, 2.75) is 138 Å². The first-order valence-corrected chi connectivity index (χ1v) is 25.3. The highest BCUT2D eigenvalue weighted by atomic mass is 16.7. The van der Waals surface area contributed by atoms with E-state index in [-0.39, 0.29) is 77.9 Å². The molecule has 27 nitrogen and oxygen atoms in total. The number of hydrogen-bond acceptors (Lipinski definition) is 24. The summed E-state index contributed by atoms with van der Waals surface area (Å²) in [5, 5.41) is 69.3. The van der Waals surface area contributed by atoms with Crippen molar-refractivity contribution in [3.05, 3.63) is 83.0 Å². The second-order valence-corrected chi connectivity index (χ2v) is 18.2. The minimum absolute atomic E-state index is 0.0568. The Balaban J connectivity index is 0.000000177. The maximum absolute atomic E-state index is 12.2. The Morgan fingerprint density at radius 1 is 0.705 bits per heavy atom. The first-order chi connectivity index (χ1) is 37.7. The molecule has 78 heavy (non-hydrogen) atoms. The average Bonchev–Trinajstić information content (AvgIpc) is 4.21. The average molecular weight is 1080 g/mol. The number of non-ortho nitro benzene ring substituents is 1. The highest BCUT2D eigenvalue weighted by Crippen LogP contribution is 2.34. The maximum atomic E-state index is 12.2. The molecule has 0 bridgehead atoms. The number of nitro benzene ring substituents is 1. The van der Waals surface area contributed by atoms with Crippen LogP contribution in [0, 0.1) is 33.8 Å². The fourth-order valence-corrected chi connectivity index (χ4v) is 8.58. The summed E-state index contributed by atoms with van der Waals surface area (Å²) in [6, 6.07) is 5.29. The first kappa shape index (κ1) is 58.0. The minimum atomic E-state index is -1.29. The Morgan fingerprint density at radius 3 is 1.68 bits per heavy atom.